The molecule has 0 aliphatic carbocycles. The first-order valence-electron chi connectivity index (χ1n) is 12.4. The van der Waals surface area contributed by atoms with Crippen LogP contribution in [-0.4, -0.2) is 92.5 Å². The van der Waals surface area contributed by atoms with Crippen molar-refractivity contribution in [3.8, 4) is 22.6 Å². The molecule has 1 aromatic carbocycles. The van der Waals surface area contributed by atoms with Crippen molar-refractivity contribution in [3.05, 3.63) is 53.4 Å². The van der Waals surface area contributed by atoms with E-state index < -0.39 is 16.0 Å². The molecule has 39 heavy (non-hydrogen) atoms. The van der Waals surface area contributed by atoms with Crippen molar-refractivity contribution in [1.29, 1.82) is 0 Å². The molecular weight excluding hydrogens is 544 g/mol. The van der Waals surface area contributed by atoms with Crippen LogP contribution in [0.2, 0.25) is 5.02 Å². The molecule has 0 saturated carbocycles. The van der Waals surface area contributed by atoms with Crippen molar-refractivity contribution in [2.75, 3.05) is 33.6 Å². The Bertz CT molecular complexity index is 1560. The molecule has 0 radical (unpaired) electrons. The van der Waals surface area contributed by atoms with Crippen LogP contribution in [0, 0.1) is 0 Å². The molecule has 1 N–H and O–H groups in total. The van der Waals surface area contributed by atoms with Crippen LogP contribution in [0.5, 0.6) is 0 Å². The van der Waals surface area contributed by atoms with Crippen LogP contribution in [0.15, 0.2) is 52.1 Å². The Hall–Kier alpha value is -3.00. The quantitative estimate of drug-likeness (QED) is 0.495. The summed E-state index contributed by atoms with van der Waals surface area (Å²) < 4.78 is 35.6. The van der Waals surface area contributed by atoms with Crippen LogP contribution in [0.3, 0.4) is 0 Å². The van der Waals surface area contributed by atoms with Crippen LogP contribution >= 0.6 is 11.6 Å². The highest BCUT2D eigenvalue weighted by Gasteiger charge is 2.49. The summed E-state index contributed by atoms with van der Waals surface area (Å²) in [6.07, 6.45) is 3.47. The number of benzene rings is 1. The van der Waals surface area contributed by atoms with E-state index in [9.17, 15) is 9.32 Å². The van der Waals surface area contributed by atoms with Gasteiger partial charge in [-0.2, -0.15) is 4.36 Å². The minimum Gasteiger partial charge on any atom is -0.472 e. The maximum absolute atomic E-state index is 12.5. The zero-order chi connectivity index (χ0) is 27.3. The fourth-order valence-electron chi connectivity index (χ4n) is 4.62. The number of aromatic nitrogens is 3. The second-order valence-corrected chi connectivity index (χ2v) is 12.6. The smallest absolute Gasteiger partial charge is 0.195 e. The van der Waals surface area contributed by atoms with E-state index in [4.69, 9.17) is 30.8 Å². The van der Waals surface area contributed by atoms with E-state index in [0.29, 0.717) is 46.8 Å². The number of hydrogen-bond acceptors (Lipinski definition) is 10. The molecule has 2 saturated heterocycles. The summed E-state index contributed by atoms with van der Waals surface area (Å²) in [6, 6.07) is 9.40. The second-order valence-electron chi connectivity index (χ2n) is 9.79. The van der Waals surface area contributed by atoms with Crippen molar-refractivity contribution in [2.45, 2.75) is 30.8 Å². The van der Waals surface area contributed by atoms with Crippen molar-refractivity contribution in [3.63, 3.8) is 0 Å². The standard InChI is InChI=1S/C26H27ClN6O5S/c1-33(2)39(3,35)32-16-10-28-26(29-11-16)15-6-4-14(5-7-15)23-17(27)8-18-19(31-23)9-22(30-18)38-21-13-37-24-20(34)12-36-25(21)24/h4-8,10-11,20-21,24-25,34H,9,12-13H2,1-3H3/t20-,21-,24-,25-,39?/m1/s1. The molecule has 5 atom stereocenters. The molecule has 13 heteroatoms. The average Bonchev–Trinajstić information content (AvgIpc) is 3.60. The minimum atomic E-state index is -2.52. The Kier molecular flexibility index (Phi) is 6.86. The van der Waals surface area contributed by atoms with Gasteiger partial charge in [-0.05, 0) is 6.07 Å². The molecule has 0 amide bonds. The highest BCUT2D eigenvalue weighted by atomic mass is 35.5. The van der Waals surface area contributed by atoms with E-state index in [2.05, 4.69) is 19.3 Å². The summed E-state index contributed by atoms with van der Waals surface area (Å²) >= 11 is 6.60. The number of hydrogen-bond donors (Lipinski definition) is 1. The van der Waals surface area contributed by atoms with Gasteiger partial charge in [-0.15, -0.1) is 0 Å². The summed E-state index contributed by atoms with van der Waals surface area (Å²) in [5.74, 6) is 1.05. The zero-order valence-electron chi connectivity index (χ0n) is 21.5. The van der Waals surface area contributed by atoms with Crippen molar-refractivity contribution >= 4 is 38.8 Å². The number of pyridine rings is 1. The lowest BCUT2D eigenvalue weighted by Crippen LogP contribution is -2.34. The van der Waals surface area contributed by atoms with E-state index in [-0.39, 0.29) is 24.9 Å². The molecule has 6 rings (SSSR count). The first-order chi connectivity index (χ1) is 18.7. The maximum Gasteiger partial charge on any atom is 0.195 e. The molecule has 11 nitrogen and oxygen atoms in total. The second kappa shape index (κ2) is 10.2. The number of aliphatic hydroxyl groups is 1. The van der Waals surface area contributed by atoms with Gasteiger partial charge in [0.1, 0.15) is 33.9 Å². The largest absolute Gasteiger partial charge is 0.472 e. The Balaban J connectivity index is 1.16. The van der Waals surface area contributed by atoms with Crippen LogP contribution in [0.25, 0.3) is 22.6 Å². The average molecular weight is 571 g/mol. The number of ether oxygens (including phenoxy) is 3. The topological polar surface area (TPSA) is 132 Å². The molecule has 1 unspecified atom stereocenters. The van der Waals surface area contributed by atoms with Gasteiger partial charge >= 0.3 is 0 Å². The Morgan fingerprint density at radius 2 is 1.79 bits per heavy atom. The van der Waals surface area contributed by atoms with Gasteiger partial charge in [0, 0.05) is 31.5 Å². The van der Waals surface area contributed by atoms with Gasteiger partial charge in [-0.3, -0.25) is 0 Å². The van der Waals surface area contributed by atoms with E-state index in [1.165, 1.54) is 0 Å². The van der Waals surface area contributed by atoms with Crippen molar-refractivity contribution in [1.82, 2.24) is 19.3 Å². The molecule has 5 heterocycles. The molecule has 3 aliphatic rings. The van der Waals surface area contributed by atoms with Crippen LogP contribution in [-0.2, 0) is 30.5 Å². The number of nitrogens with zero attached hydrogens (tertiary/aromatic N) is 6. The van der Waals surface area contributed by atoms with Gasteiger partial charge in [0.25, 0.3) is 0 Å². The van der Waals surface area contributed by atoms with Crippen molar-refractivity contribution in [2.24, 2.45) is 9.36 Å². The van der Waals surface area contributed by atoms with Gasteiger partial charge < -0.3 is 19.3 Å². The number of fused-ring (bicyclic) bond motifs is 2. The third kappa shape index (κ3) is 5.15. The van der Waals surface area contributed by atoms with E-state index in [0.717, 1.165) is 16.8 Å². The molecule has 204 valence electrons. The van der Waals surface area contributed by atoms with Gasteiger partial charge in [-0.1, -0.05) is 35.9 Å². The molecule has 3 aliphatic heterocycles. The van der Waals surface area contributed by atoms with Gasteiger partial charge in [0.15, 0.2) is 17.8 Å². The third-order valence-corrected chi connectivity index (χ3v) is 9.06. The van der Waals surface area contributed by atoms with Crippen molar-refractivity contribution < 1.29 is 23.5 Å². The first-order valence-corrected chi connectivity index (χ1v) is 14.6. The first kappa shape index (κ1) is 26.2. The van der Waals surface area contributed by atoms with Crippen LogP contribution in [0.4, 0.5) is 11.4 Å². The summed E-state index contributed by atoms with van der Waals surface area (Å²) in [7, 11) is 0.905. The predicted molar refractivity (Wildman–Crippen MR) is 147 cm³/mol. The van der Waals surface area contributed by atoms with E-state index in [1.54, 1.807) is 43.1 Å². The molecule has 2 fully saturated rings. The molecular formula is C26H27ClN6O5S. The van der Waals surface area contributed by atoms with Gasteiger partial charge in [-0.25, -0.2) is 28.5 Å². The monoisotopic (exact) mass is 570 g/mol. The summed E-state index contributed by atoms with van der Waals surface area (Å²) in [6.45, 7) is 0.580. The summed E-state index contributed by atoms with van der Waals surface area (Å²) in [4.78, 5) is 18.1. The predicted octanol–water partition coefficient (Wildman–Crippen LogP) is 3.19. The van der Waals surface area contributed by atoms with E-state index >= 15 is 0 Å². The fraction of sp³-hybridized carbons (Fsp3) is 0.385. The van der Waals surface area contributed by atoms with Crippen LogP contribution in [0.1, 0.15) is 5.69 Å². The molecule has 2 aromatic heterocycles. The lowest BCUT2D eigenvalue weighted by Gasteiger charge is -2.17. The maximum atomic E-state index is 12.5. The summed E-state index contributed by atoms with van der Waals surface area (Å²) in [5.41, 5.74) is 4.17. The Morgan fingerprint density at radius 1 is 1.10 bits per heavy atom. The lowest BCUT2D eigenvalue weighted by atomic mass is 10.1. The SMILES string of the molecule is CN(C)S(C)(=O)=Nc1cnc(-c2ccc(-c3nc4c(cc3Cl)N=C(O[C@@H]3CO[C@H]5[C@@H]3OC[C@H]5O)C4)cc2)nc1. The third-order valence-electron chi connectivity index (χ3n) is 6.87. The summed E-state index contributed by atoms with van der Waals surface area (Å²) in [5, 5.41) is 10.4. The van der Waals surface area contributed by atoms with Gasteiger partial charge in [0.2, 0.25) is 0 Å². The fourth-order valence-corrected chi connectivity index (χ4v) is 5.53. The Morgan fingerprint density at radius 3 is 2.51 bits per heavy atom. The highest BCUT2D eigenvalue weighted by molar-refractivity contribution is 7.90. The Labute approximate surface area is 231 Å². The highest BCUT2D eigenvalue weighted by Crippen LogP contribution is 2.36. The molecule has 3 aromatic rings. The number of aliphatic imine (C=N–C) groups is 1. The lowest BCUT2D eigenvalue weighted by molar-refractivity contribution is 0.00558. The number of halogens is 1. The minimum absolute atomic E-state index is 0.243. The molecule has 0 bridgehead atoms. The molecule has 0 spiro atoms. The van der Waals surface area contributed by atoms with Gasteiger partial charge in [0.05, 0.1) is 54.1 Å². The normalized spacial score (nSPS) is 25.2. The zero-order valence-corrected chi connectivity index (χ0v) is 23.1. The number of aliphatic hydroxyl groups excluding tert-OH is 1. The van der Waals surface area contributed by atoms with E-state index in [1.807, 2.05) is 24.3 Å². The van der Waals surface area contributed by atoms with Crippen LogP contribution < -0.4 is 0 Å². The number of rotatable bonds is 5.